The molecule has 0 spiro atoms. The summed E-state index contributed by atoms with van der Waals surface area (Å²) in [4.78, 5) is 13.4. The van der Waals surface area contributed by atoms with Crippen LogP contribution in [0.4, 0.5) is 0 Å². The maximum Gasteiger partial charge on any atom is 0.233 e. The van der Waals surface area contributed by atoms with Crippen molar-refractivity contribution in [1.29, 1.82) is 0 Å². The number of thiophene rings is 1. The lowest BCUT2D eigenvalue weighted by Crippen LogP contribution is -2.30. The average Bonchev–Trinajstić information content (AvgIpc) is 3.30. The number of halogens is 1. The fourth-order valence-corrected chi connectivity index (χ4v) is 3.82. The van der Waals surface area contributed by atoms with E-state index in [0.29, 0.717) is 28.3 Å². The Kier molecular flexibility index (Phi) is 6.76. The van der Waals surface area contributed by atoms with Crippen molar-refractivity contribution in [2.24, 2.45) is 7.05 Å². The van der Waals surface area contributed by atoms with Crippen molar-refractivity contribution >= 4 is 40.6 Å². The molecule has 0 unspecified atom stereocenters. The second-order valence-corrected chi connectivity index (χ2v) is 8.53. The number of aromatic nitrogens is 3. The zero-order valence-electron chi connectivity index (χ0n) is 14.9. The minimum atomic E-state index is -0.280. The van der Waals surface area contributed by atoms with Gasteiger partial charge in [-0.3, -0.25) is 4.79 Å². The van der Waals surface area contributed by atoms with Crippen LogP contribution in [0.15, 0.2) is 46.9 Å². The number of benzene rings is 1. The molecule has 1 amide bonds. The first-order chi connectivity index (χ1) is 13.0. The number of hydrogen-bond donors (Lipinski definition) is 1. The van der Waals surface area contributed by atoms with Crippen molar-refractivity contribution in [1.82, 2.24) is 20.1 Å². The fourth-order valence-electron chi connectivity index (χ4n) is 2.19. The maximum atomic E-state index is 12.3. The van der Waals surface area contributed by atoms with E-state index in [2.05, 4.69) is 15.5 Å². The van der Waals surface area contributed by atoms with Crippen LogP contribution in [-0.4, -0.2) is 25.9 Å². The van der Waals surface area contributed by atoms with E-state index in [1.807, 2.05) is 36.1 Å². The lowest BCUT2D eigenvalue weighted by atomic mass is 10.3. The molecule has 0 aliphatic rings. The molecule has 6 nitrogen and oxygen atoms in total. The molecule has 3 rings (SSSR count). The van der Waals surface area contributed by atoms with Crippen LogP contribution < -0.4 is 10.1 Å². The molecule has 0 saturated heterocycles. The summed E-state index contributed by atoms with van der Waals surface area (Å²) in [5.41, 5.74) is 0. The Bertz CT molecular complexity index is 881. The van der Waals surface area contributed by atoms with Crippen molar-refractivity contribution in [3.8, 4) is 5.75 Å². The molecule has 1 N–H and O–H groups in total. The molecular weight excluding hydrogens is 404 g/mol. The number of thioether (sulfide) groups is 1. The highest BCUT2D eigenvalue weighted by atomic mass is 35.5. The minimum Gasteiger partial charge on any atom is -0.486 e. The van der Waals surface area contributed by atoms with Crippen molar-refractivity contribution in [2.45, 2.75) is 30.5 Å². The topological polar surface area (TPSA) is 69.0 Å². The van der Waals surface area contributed by atoms with Gasteiger partial charge in [-0.25, -0.2) is 0 Å². The van der Waals surface area contributed by atoms with Crippen molar-refractivity contribution < 1.29 is 9.53 Å². The predicted octanol–water partition coefficient (Wildman–Crippen LogP) is 3.91. The van der Waals surface area contributed by atoms with E-state index in [1.54, 1.807) is 35.6 Å². The van der Waals surface area contributed by atoms with Gasteiger partial charge in [0, 0.05) is 16.9 Å². The van der Waals surface area contributed by atoms with Gasteiger partial charge in [-0.05, 0) is 42.6 Å². The molecule has 27 heavy (non-hydrogen) atoms. The normalized spacial score (nSPS) is 12.0. The molecule has 2 heterocycles. The number of rotatable bonds is 8. The number of nitrogens with one attached hydrogen (secondary N) is 1. The Balaban J connectivity index is 1.52. The molecule has 0 bridgehead atoms. The molecule has 0 aliphatic heterocycles. The number of carbonyl (C=O) groups is 1. The van der Waals surface area contributed by atoms with Crippen LogP contribution in [-0.2, 0) is 25.0 Å². The number of nitrogens with zero attached hydrogens (tertiary/aromatic N) is 3. The summed E-state index contributed by atoms with van der Waals surface area (Å²) in [6, 6.07) is 11.1. The van der Waals surface area contributed by atoms with Crippen LogP contribution in [0, 0.1) is 0 Å². The van der Waals surface area contributed by atoms with Gasteiger partial charge in [-0.2, -0.15) is 0 Å². The molecule has 1 aromatic carbocycles. The molecule has 3 aromatic rings. The summed E-state index contributed by atoms with van der Waals surface area (Å²) < 4.78 is 7.54. The van der Waals surface area contributed by atoms with Gasteiger partial charge < -0.3 is 14.6 Å². The Morgan fingerprint density at radius 2 is 2.11 bits per heavy atom. The SMILES string of the molecule is C[C@@H](Sc1nnc(COc2ccc(Cl)cc2)n1C)C(=O)NCc1cccs1. The third-order valence-corrected chi connectivity index (χ3v) is 6.04. The fraction of sp³-hybridized carbons (Fsp3) is 0.278. The van der Waals surface area contributed by atoms with Gasteiger partial charge in [0.15, 0.2) is 11.0 Å². The second-order valence-electron chi connectivity index (χ2n) is 5.76. The Hall–Kier alpha value is -2.03. The summed E-state index contributed by atoms with van der Waals surface area (Å²) >= 11 is 8.86. The summed E-state index contributed by atoms with van der Waals surface area (Å²) in [5.74, 6) is 1.35. The summed E-state index contributed by atoms with van der Waals surface area (Å²) in [6.45, 7) is 2.68. The number of amides is 1. The average molecular weight is 423 g/mol. The number of hydrogen-bond acceptors (Lipinski definition) is 6. The summed E-state index contributed by atoms with van der Waals surface area (Å²) in [6.07, 6.45) is 0. The largest absolute Gasteiger partial charge is 0.486 e. The lowest BCUT2D eigenvalue weighted by molar-refractivity contribution is -0.120. The third-order valence-electron chi connectivity index (χ3n) is 3.78. The highest BCUT2D eigenvalue weighted by Gasteiger charge is 2.19. The van der Waals surface area contributed by atoms with Crippen LogP contribution in [0.2, 0.25) is 5.02 Å². The Morgan fingerprint density at radius 3 is 2.81 bits per heavy atom. The van der Waals surface area contributed by atoms with Crippen molar-refractivity contribution in [3.63, 3.8) is 0 Å². The summed E-state index contributed by atoms with van der Waals surface area (Å²) in [7, 11) is 1.86. The monoisotopic (exact) mass is 422 g/mol. The molecule has 0 aliphatic carbocycles. The predicted molar refractivity (Wildman–Crippen MR) is 108 cm³/mol. The van der Waals surface area contributed by atoms with E-state index in [0.717, 1.165) is 4.88 Å². The second kappa shape index (κ2) is 9.25. The smallest absolute Gasteiger partial charge is 0.233 e. The highest BCUT2D eigenvalue weighted by molar-refractivity contribution is 8.00. The van der Waals surface area contributed by atoms with Crippen molar-refractivity contribution in [2.75, 3.05) is 0 Å². The molecule has 0 fully saturated rings. The third kappa shape index (κ3) is 5.47. The zero-order chi connectivity index (χ0) is 19.2. The molecular formula is C18H19ClN4O2S2. The molecule has 1 atom stereocenters. The summed E-state index contributed by atoms with van der Waals surface area (Å²) in [5, 5.41) is 14.3. The maximum absolute atomic E-state index is 12.3. The Labute approximate surface area is 170 Å². The van der Waals surface area contributed by atoms with E-state index in [1.165, 1.54) is 11.8 Å². The molecule has 0 radical (unpaired) electrons. The molecule has 2 aromatic heterocycles. The van der Waals surface area contributed by atoms with Crippen LogP contribution >= 0.6 is 34.7 Å². The standard InChI is InChI=1S/C18H19ClN4O2S2/c1-12(17(24)20-10-15-4-3-9-26-15)27-18-22-21-16(23(18)2)11-25-14-7-5-13(19)6-8-14/h3-9,12H,10-11H2,1-2H3,(H,20,24)/t12-/m1/s1. The van der Waals surface area contributed by atoms with Crippen LogP contribution in [0.25, 0.3) is 0 Å². The van der Waals surface area contributed by atoms with E-state index in [4.69, 9.17) is 16.3 Å². The van der Waals surface area contributed by atoms with Gasteiger partial charge >= 0.3 is 0 Å². The zero-order valence-corrected chi connectivity index (χ0v) is 17.3. The van der Waals surface area contributed by atoms with Crippen LogP contribution in [0.3, 0.4) is 0 Å². The van der Waals surface area contributed by atoms with Gasteiger partial charge in [-0.1, -0.05) is 29.4 Å². The van der Waals surface area contributed by atoms with E-state index >= 15 is 0 Å². The first-order valence-corrected chi connectivity index (χ1v) is 10.4. The molecule has 0 saturated carbocycles. The van der Waals surface area contributed by atoms with Gasteiger partial charge in [0.1, 0.15) is 12.4 Å². The van der Waals surface area contributed by atoms with Gasteiger partial charge in [0.2, 0.25) is 5.91 Å². The first-order valence-electron chi connectivity index (χ1n) is 8.26. The minimum absolute atomic E-state index is 0.0321. The van der Waals surface area contributed by atoms with E-state index in [-0.39, 0.29) is 17.8 Å². The Morgan fingerprint density at radius 1 is 1.33 bits per heavy atom. The van der Waals surface area contributed by atoms with Crippen molar-refractivity contribution in [3.05, 3.63) is 57.5 Å². The van der Waals surface area contributed by atoms with Crippen LogP contribution in [0.1, 0.15) is 17.6 Å². The van der Waals surface area contributed by atoms with Gasteiger partial charge in [-0.15, -0.1) is 21.5 Å². The number of carbonyl (C=O) groups excluding carboxylic acids is 1. The molecule has 9 heteroatoms. The highest BCUT2D eigenvalue weighted by Crippen LogP contribution is 2.22. The van der Waals surface area contributed by atoms with Gasteiger partial charge in [0.05, 0.1) is 11.8 Å². The number of ether oxygens (including phenoxy) is 1. The van der Waals surface area contributed by atoms with E-state index < -0.39 is 0 Å². The first kappa shape index (κ1) is 19.7. The van der Waals surface area contributed by atoms with Crippen LogP contribution in [0.5, 0.6) is 5.75 Å². The van der Waals surface area contributed by atoms with Gasteiger partial charge in [0.25, 0.3) is 0 Å². The lowest BCUT2D eigenvalue weighted by Gasteiger charge is -2.11. The van der Waals surface area contributed by atoms with E-state index in [9.17, 15) is 4.79 Å². The molecule has 142 valence electrons. The quantitative estimate of drug-likeness (QED) is 0.557.